The zero-order valence-corrected chi connectivity index (χ0v) is 13.5. The predicted molar refractivity (Wildman–Crippen MR) is 86.7 cm³/mol. The molecule has 4 heterocycles. The van der Waals surface area contributed by atoms with Crippen molar-refractivity contribution in [2.75, 3.05) is 6.54 Å². The number of nitrogens with zero attached hydrogens (tertiary/aromatic N) is 5. The molecular weight excluding hydrogens is 322 g/mol. The van der Waals surface area contributed by atoms with E-state index in [0.717, 1.165) is 24.4 Å². The Balaban J connectivity index is 1.52. The van der Waals surface area contributed by atoms with Crippen molar-refractivity contribution in [3.63, 3.8) is 0 Å². The Kier molecular flexibility index (Phi) is 4.16. The van der Waals surface area contributed by atoms with Gasteiger partial charge in [0, 0.05) is 19.3 Å². The Bertz CT molecular complexity index is 845. The van der Waals surface area contributed by atoms with Crippen LogP contribution < -0.4 is 4.74 Å². The van der Waals surface area contributed by atoms with Gasteiger partial charge in [0.05, 0.1) is 24.7 Å². The van der Waals surface area contributed by atoms with Gasteiger partial charge >= 0.3 is 0 Å². The molecule has 1 amide bonds. The number of aromatic nitrogens is 4. The fraction of sp³-hybridized carbons (Fsp3) is 0.294. The monoisotopic (exact) mass is 339 g/mol. The number of pyridine rings is 1. The third-order valence-corrected chi connectivity index (χ3v) is 4.09. The van der Waals surface area contributed by atoms with E-state index in [4.69, 9.17) is 9.15 Å². The van der Waals surface area contributed by atoms with Crippen LogP contribution in [0.5, 0.6) is 5.75 Å². The molecule has 1 aliphatic heterocycles. The number of furan rings is 1. The molecule has 0 aromatic carbocycles. The van der Waals surface area contributed by atoms with E-state index in [0.29, 0.717) is 24.6 Å². The van der Waals surface area contributed by atoms with Gasteiger partial charge in [-0.1, -0.05) is 5.21 Å². The van der Waals surface area contributed by atoms with Crippen molar-refractivity contribution in [1.82, 2.24) is 24.9 Å². The molecule has 0 fully saturated rings. The Morgan fingerprint density at radius 1 is 1.28 bits per heavy atom. The Morgan fingerprint density at radius 3 is 3.04 bits per heavy atom. The lowest BCUT2D eigenvalue weighted by Crippen LogP contribution is -2.30. The zero-order valence-electron chi connectivity index (χ0n) is 13.5. The number of aryl methyl sites for hydroxylation is 1. The summed E-state index contributed by atoms with van der Waals surface area (Å²) in [6, 6.07) is 7.03. The zero-order chi connectivity index (χ0) is 17.1. The average Bonchev–Trinajstić information content (AvgIpc) is 3.26. The third-order valence-electron chi connectivity index (χ3n) is 4.09. The third kappa shape index (κ3) is 3.23. The van der Waals surface area contributed by atoms with Gasteiger partial charge in [-0.15, -0.1) is 5.10 Å². The topological polar surface area (TPSA) is 86.3 Å². The highest BCUT2D eigenvalue weighted by atomic mass is 16.5. The summed E-state index contributed by atoms with van der Waals surface area (Å²) in [5, 5.41) is 8.41. The van der Waals surface area contributed by atoms with Crippen molar-refractivity contribution in [2.45, 2.75) is 26.1 Å². The van der Waals surface area contributed by atoms with E-state index in [9.17, 15) is 4.79 Å². The highest BCUT2D eigenvalue weighted by Gasteiger charge is 2.25. The molecule has 25 heavy (non-hydrogen) atoms. The van der Waals surface area contributed by atoms with Crippen LogP contribution in [0.25, 0.3) is 0 Å². The van der Waals surface area contributed by atoms with Gasteiger partial charge in [-0.3, -0.25) is 9.78 Å². The highest BCUT2D eigenvalue weighted by Crippen LogP contribution is 2.19. The van der Waals surface area contributed by atoms with Crippen molar-refractivity contribution in [3.8, 4) is 5.75 Å². The molecule has 8 heteroatoms. The van der Waals surface area contributed by atoms with Gasteiger partial charge in [-0.05, 0) is 30.7 Å². The molecule has 1 aliphatic rings. The van der Waals surface area contributed by atoms with E-state index >= 15 is 0 Å². The van der Waals surface area contributed by atoms with Crippen molar-refractivity contribution in [1.29, 1.82) is 0 Å². The van der Waals surface area contributed by atoms with Crippen molar-refractivity contribution in [2.24, 2.45) is 0 Å². The molecule has 0 N–H and O–H groups in total. The van der Waals surface area contributed by atoms with Gasteiger partial charge in [-0.25, -0.2) is 4.68 Å². The molecule has 0 saturated carbocycles. The molecular formula is C17H17N5O3. The molecule has 3 aromatic heterocycles. The van der Waals surface area contributed by atoms with Gasteiger partial charge in [0.15, 0.2) is 5.76 Å². The quantitative estimate of drug-likeness (QED) is 0.721. The minimum Gasteiger partial charge on any atom is -0.486 e. The lowest BCUT2D eigenvalue weighted by atomic mass is 10.3. The van der Waals surface area contributed by atoms with Gasteiger partial charge in [-0.2, -0.15) is 0 Å². The van der Waals surface area contributed by atoms with Crippen LogP contribution in [0.15, 0.2) is 47.3 Å². The minimum atomic E-state index is -0.126. The number of ether oxygens (including phenoxy) is 1. The number of carbonyl (C=O) groups is 1. The maximum atomic E-state index is 12.6. The molecule has 0 unspecified atom stereocenters. The summed E-state index contributed by atoms with van der Waals surface area (Å²) in [6.45, 7) is 2.07. The van der Waals surface area contributed by atoms with Gasteiger partial charge in [0.2, 0.25) is 0 Å². The van der Waals surface area contributed by atoms with E-state index in [-0.39, 0.29) is 12.5 Å². The summed E-state index contributed by atoms with van der Waals surface area (Å²) in [7, 11) is 0. The van der Waals surface area contributed by atoms with Crippen molar-refractivity contribution >= 4 is 5.91 Å². The van der Waals surface area contributed by atoms with Crippen LogP contribution >= 0.6 is 0 Å². The SMILES string of the molecule is O=C(c1ccco1)N1CCCn2nnc(COc3cccnc3)c2C1. The lowest BCUT2D eigenvalue weighted by molar-refractivity contribution is 0.0712. The summed E-state index contributed by atoms with van der Waals surface area (Å²) >= 11 is 0. The second-order valence-corrected chi connectivity index (χ2v) is 5.74. The van der Waals surface area contributed by atoms with Crippen LogP contribution in [0.3, 0.4) is 0 Å². The molecule has 0 atom stereocenters. The molecule has 0 spiro atoms. The molecule has 0 bridgehead atoms. The van der Waals surface area contributed by atoms with Crippen LogP contribution in [0, 0.1) is 0 Å². The van der Waals surface area contributed by atoms with E-state index in [1.807, 2.05) is 16.8 Å². The molecule has 8 nitrogen and oxygen atoms in total. The Hall–Kier alpha value is -3.16. The van der Waals surface area contributed by atoms with Gasteiger partial charge in [0.1, 0.15) is 18.1 Å². The van der Waals surface area contributed by atoms with E-state index in [1.54, 1.807) is 29.4 Å². The second kappa shape index (κ2) is 6.76. The summed E-state index contributed by atoms with van der Waals surface area (Å²) in [5.74, 6) is 0.884. The Morgan fingerprint density at radius 2 is 2.24 bits per heavy atom. The van der Waals surface area contributed by atoms with E-state index in [1.165, 1.54) is 6.26 Å². The number of fused-ring (bicyclic) bond motifs is 1. The number of carbonyl (C=O) groups excluding carboxylic acids is 1. The smallest absolute Gasteiger partial charge is 0.289 e. The minimum absolute atomic E-state index is 0.126. The molecule has 0 aliphatic carbocycles. The fourth-order valence-corrected chi connectivity index (χ4v) is 2.82. The maximum absolute atomic E-state index is 12.6. The largest absolute Gasteiger partial charge is 0.486 e. The lowest BCUT2D eigenvalue weighted by Gasteiger charge is -2.19. The fourth-order valence-electron chi connectivity index (χ4n) is 2.82. The van der Waals surface area contributed by atoms with Crippen LogP contribution in [-0.2, 0) is 19.7 Å². The molecule has 128 valence electrons. The number of hydrogen-bond acceptors (Lipinski definition) is 6. The van der Waals surface area contributed by atoms with Gasteiger partial charge < -0.3 is 14.1 Å². The maximum Gasteiger partial charge on any atom is 0.289 e. The van der Waals surface area contributed by atoms with Crippen molar-refractivity contribution < 1.29 is 13.9 Å². The van der Waals surface area contributed by atoms with Gasteiger partial charge in [0.25, 0.3) is 5.91 Å². The first-order valence-corrected chi connectivity index (χ1v) is 8.08. The average molecular weight is 339 g/mol. The van der Waals surface area contributed by atoms with Crippen LogP contribution in [0.4, 0.5) is 0 Å². The normalized spacial score (nSPS) is 14.0. The molecule has 3 aromatic rings. The molecule has 4 rings (SSSR count). The first-order valence-electron chi connectivity index (χ1n) is 8.08. The summed E-state index contributed by atoms with van der Waals surface area (Å²) in [6.07, 6.45) is 5.65. The Labute approximate surface area is 144 Å². The number of hydrogen-bond donors (Lipinski definition) is 0. The van der Waals surface area contributed by atoms with Crippen LogP contribution in [0.1, 0.15) is 28.4 Å². The first-order chi connectivity index (χ1) is 12.3. The van der Waals surface area contributed by atoms with Crippen LogP contribution in [-0.4, -0.2) is 37.3 Å². The van der Waals surface area contributed by atoms with Crippen molar-refractivity contribution in [3.05, 3.63) is 60.1 Å². The highest BCUT2D eigenvalue weighted by molar-refractivity contribution is 5.91. The standard InChI is InChI=1S/C17H17N5O3/c23-17(16-5-2-9-24-16)21-7-3-8-22-15(11-21)14(19-20-22)12-25-13-4-1-6-18-10-13/h1-2,4-6,9-10H,3,7-8,11-12H2. The summed E-state index contributed by atoms with van der Waals surface area (Å²) in [5.41, 5.74) is 1.62. The summed E-state index contributed by atoms with van der Waals surface area (Å²) in [4.78, 5) is 18.4. The molecule has 0 saturated heterocycles. The number of rotatable bonds is 4. The molecule has 0 radical (unpaired) electrons. The van der Waals surface area contributed by atoms with E-state index in [2.05, 4.69) is 15.3 Å². The first kappa shape index (κ1) is 15.4. The van der Waals surface area contributed by atoms with E-state index < -0.39 is 0 Å². The summed E-state index contributed by atoms with van der Waals surface area (Å²) < 4.78 is 12.8. The predicted octanol–water partition coefficient (Wildman–Crippen LogP) is 1.89. The van der Waals surface area contributed by atoms with Crippen LogP contribution in [0.2, 0.25) is 0 Å². The second-order valence-electron chi connectivity index (χ2n) is 5.74. The number of amides is 1.